The number of allylic oxidation sites excluding steroid dienone is 4. The SMILES string of the molecule is CC12C=CC=CC1(C)C(CN)=C2CN. The second-order valence-corrected chi connectivity index (χ2v) is 4.49. The van der Waals surface area contributed by atoms with E-state index < -0.39 is 0 Å². The zero-order chi connectivity index (χ0) is 10.4. The predicted octanol–water partition coefficient (Wildman–Crippen LogP) is 1.35. The summed E-state index contributed by atoms with van der Waals surface area (Å²) in [6.45, 7) is 5.73. The summed E-state index contributed by atoms with van der Waals surface area (Å²) >= 11 is 0. The van der Waals surface area contributed by atoms with Crippen LogP contribution >= 0.6 is 0 Å². The van der Waals surface area contributed by atoms with E-state index in [2.05, 4.69) is 38.2 Å². The summed E-state index contributed by atoms with van der Waals surface area (Å²) in [5.41, 5.74) is 14.4. The van der Waals surface area contributed by atoms with E-state index in [-0.39, 0.29) is 10.8 Å². The molecule has 76 valence electrons. The van der Waals surface area contributed by atoms with Gasteiger partial charge in [0.1, 0.15) is 0 Å². The van der Waals surface area contributed by atoms with Crippen LogP contribution in [-0.2, 0) is 0 Å². The zero-order valence-electron chi connectivity index (χ0n) is 8.88. The average molecular weight is 190 g/mol. The topological polar surface area (TPSA) is 52.0 Å². The molecule has 2 rings (SSSR count). The van der Waals surface area contributed by atoms with Crippen LogP contribution in [0.4, 0.5) is 0 Å². The lowest BCUT2D eigenvalue weighted by atomic mass is 9.46. The van der Waals surface area contributed by atoms with Crippen LogP contribution in [0.5, 0.6) is 0 Å². The van der Waals surface area contributed by atoms with Crippen LogP contribution in [0.1, 0.15) is 13.8 Å². The Labute approximate surface area is 85.4 Å². The Morgan fingerprint density at radius 2 is 1.29 bits per heavy atom. The Morgan fingerprint density at radius 1 is 0.929 bits per heavy atom. The average Bonchev–Trinajstić information content (AvgIpc) is 2.17. The van der Waals surface area contributed by atoms with Crippen molar-refractivity contribution in [1.29, 1.82) is 0 Å². The molecule has 0 bridgehead atoms. The van der Waals surface area contributed by atoms with Crippen LogP contribution in [0, 0.1) is 10.8 Å². The Bertz CT molecular complexity index is 317. The largest absolute Gasteiger partial charge is 0.327 e. The molecule has 2 aliphatic rings. The fourth-order valence-corrected chi connectivity index (χ4v) is 2.91. The molecule has 14 heavy (non-hydrogen) atoms. The van der Waals surface area contributed by atoms with Crippen LogP contribution in [0.15, 0.2) is 35.5 Å². The Balaban J connectivity index is 2.54. The molecular formula is C12H18N2. The van der Waals surface area contributed by atoms with E-state index in [9.17, 15) is 0 Å². The summed E-state index contributed by atoms with van der Waals surface area (Å²) in [4.78, 5) is 0. The Kier molecular flexibility index (Phi) is 1.95. The van der Waals surface area contributed by atoms with Crippen LogP contribution < -0.4 is 11.5 Å². The highest BCUT2D eigenvalue weighted by Gasteiger charge is 2.55. The van der Waals surface area contributed by atoms with Gasteiger partial charge in [0.25, 0.3) is 0 Å². The molecular weight excluding hydrogens is 172 g/mol. The van der Waals surface area contributed by atoms with Crippen molar-refractivity contribution in [2.45, 2.75) is 13.8 Å². The second-order valence-electron chi connectivity index (χ2n) is 4.49. The van der Waals surface area contributed by atoms with E-state index in [0.717, 1.165) is 0 Å². The Hall–Kier alpha value is -0.860. The van der Waals surface area contributed by atoms with E-state index in [1.54, 1.807) is 0 Å². The number of fused-ring (bicyclic) bond motifs is 1. The molecule has 0 heterocycles. The molecule has 2 atom stereocenters. The minimum absolute atomic E-state index is 0.102. The highest BCUT2D eigenvalue weighted by molar-refractivity contribution is 5.54. The van der Waals surface area contributed by atoms with Crippen molar-refractivity contribution in [3.8, 4) is 0 Å². The summed E-state index contributed by atoms with van der Waals surface area (Å²) in [5, 5.41) is 0. The van der Waals surface area contributed by atoms with E-state index >= 15 is 0 Å². The standard InChI is InChI=1S/C12H18N2/c1-11-5-3-4-6-12(11,2)10(8-14)9(11)7-13/h3-6H,7-8,13-14H2,1-2H3. The molecule has 2 heteroatoms. The minimum atomic E-state index is 0.102. The van der Waals surface area contributed by atoms with E-state index in [1.807, 2.05) is 0 Å². The molecule has 0 radical (unpaired) electrons. The van der Waals surface area contributed by atoms with Gasteiger partial charge < -0.3 is 11.5 Å². The van der Waals surface area contributed by atoms with Gasteiger partial charge in [-0.2, -0.15) is 0 Å². The molecule has 0 aromatic carbocycles. The molecule has 0 amide bonds. The van der Waals surface area contributed by atoms with Crippen molar-refractivity contribution in [1.82, 2.24) is 0 Å². The van der Waals surface area contributed by atoms with Crippen molar-refractivity contribution in [3.63, 3.8) is 0 Å². The maximum Gasteiger partial charge on any atom is 0.0208 e. The monoisotopic (exact) mass is 190 g/mol. The summed E-state index contributed by atoms with van der Waals surface area (Å²) < 4.78 is 0. The highest BCUT2D eigenvalue weighted by atomic mass is 14.7. The van der Waals surface area contributed by atoms with E-state index in [4.69, 9.17) is 11.5 Å². The summed E-state index contributed by atoms with van der Waals surface area (Å²) in [5.74, 6) is 0. The quantitative estimate of drug-likeness (QED) is 0.646. The van der Waals surface area contributed by atoms with Crippen LogP contribution in [0.3, 0.4) is 0 Å². The maximum absolute atomic E-state index is 5.78. The lowest BCUT2D eigenvalue weighted by Crippen LogP contribution is -2.52. The first-order valence-electron chi connectivity index (χ1n) is 5.10. The summed E-state index contributed by atoms with van der Waals surface area (Å²) in [6, 6.07) is 0. The molecule has 0 saturated carbocycles. The van der Waals surface area contributed by atoms with Crippen molar-refractivity contribution in [2.75, 3.05) is 13.1 Å². The van der Waals surface area contributed by atoms with Crippen LogP contribution in [-0.4, -0.2) is 13.1 Å². The molecule has 0 aromatic rings. The number of nitrogens with two attached hydrogens (primary N) is 2. The van der Waals surface area contributed by atoms with E-state index in [1.165, 1.54) is 11.1 Å². The molecule has 2 unspecified atom stereocenters. The molecule has 4 N–H and O–H groups in total. The fourth-order valence-electron chi connectivity index (χ4n) is 2.91. The summed E-state index contributed by atoms with van der Waals surface area (Å²) in [6.07, 6.45) is 8.69. The summed E-state index contributed by atoms with van der Waals surface area (Å²) in [7, 11) is 0. The van der Waals surface area contributed by atoms with Gasteiger partial charge in [0.2, 0.25) is 0 Å². The third kappa shape index (κ3) is 0.830. The molecule has 0 aliphatic heterocycles. The molecule has 2 nitrogen and oxygen atoms in total. The number of hydrogen-bond donors (Lipinski definition) is 2. The first-order chi connectivity index (χ1) is 6.60. The third-order valence-corrected chi connectivity index (χ3v) is 4.08. The van der Waals surface area contributed by atoms with Gasteiger partial charge in [-0.1, -0.05) is 38.2 Å². The van der Waals surface area contributed by atoms with Gasteiger partial charge in [0.05, 0.1) is 0 Å². The third-order valence-electron chi connectivity index (χ3n) is 4.08. The highest BCUT2D eigenvalue weighted by Crippen LogP contribution is 2.62. The first kappa shape index (κ1) is 9.69. The van der Waals surface area contributed by atoms with Crippen molar-refractivity contribution >= 4 is 0 Å². The zero-order valence-corrected chi connectivity index (χ0v) is 8.88. The minimum Gasteiger partial charge on any atom is -0.327 e. The van der Waals surface area contributed by atoms with E-state index in [0.29, 0.717) is 13.1 Å². The predicted molar refractivity (Wildman–Crippen MR) is 59.6 cm³/mol. The first-order valence-corrected chi connectivity index (χ1v) is 5.10. The smallest absolute Gasteiger partial charge is 0.0208 e. The van der Waals surface area contributed by atoms with Crippen LogP contribution in [0.25, 0.3) is 0 Å². The van der Waals surface area contributed by atoms with Gasteiger partial charge in [-0.05, 0) is 11.1 Å². The Morgan fingerprint density at radius 3 is 1.57 bits per heavy atom. The van der Waals surface area contributed by atoms with Gasteiger partial charge in [0, 0.05) is 23.9 Å². The van der Waals surface area contributed by atoms with Gasteiger partial charge in [-0.3, -0.25) is 0 Å². The molecule has 0 fully saturated rings. The lowest BCUT2D eigenvalue weighted by molar-refractivity contribution is 0.204. The fraction of sp³-hybridized carbons (Fsp3) is 0.500. The van der Waals surface area contributed by atoms with Crippen LogP contribution in [0.2, 0.25) is 0 Å². The molecule has 2 aliphatic carbocycles. The van der Waals surface area contributed by atoms with Gasteiger partial charge in [0.15, 0.2) is 0 Å². The lowest BCUT2D eigenvalue weighted by Gasteiger charge is -2.57. The van der Waals surface area contributed by atoms with Gasteiger partial charge in [-0.15, -0.1) is 0 Å². The van der Waals surface area contributed by atoms with Crippen molar-refractivity contribution < 1.29 is 0 Å². The van der Waals surface area contributed by atoms with Crippen molar-refractivity contribution in [2.24, 2.45) is 22.3 Å². The normalized spacial score (nSPS) is 39.7. The molecule has 0 aromatic heterocycles. The maximum atomic E-state index is 5.78. The number of hydrogen-bond acceptors (Lipinski definition) is 2. The van der Waals surface area contributed by atoms with Gasteiger partial charge >= 0.3 is 0 Å². The second kappa shape index (κ2) is 2.81. The van der Waals surface area contributed by atoms with Gasteiger partial charge in [-0.25, -0.2) is 0 Å². The van der Waals surface area contributed by atoms with Crippen molar-refractivity contribution in [3.05, 3.63) is 35.5 Å². The molecule has 0 spiro atoms. The molecule has 0 saturated heterocycles. The number of rotatable bonds is 2.